The minimum Gasteiger partial charge on any atom is -0.367 e. The number of hydroxylamine groups is 2. The van der Waals surface area contributed by atoms with Gasteiger partial charge in [-0.25, -0.2) is 9.59 Å². The standard InChI is InChI=1S/C16H36N8O4/c17-3-5-19-7-9-21-11-13-23-27-15(25)1-2-16(26)28-24-14-12-22-10-8-20-6-4-18/h1-2,19-24H,3-14,17-18H2/b2-1-. The minimum absolute atomic E-state index is 0.442. The fourth-order valence-electron chi connectivity index (χ4n) is 1.78. The molecule has 0 unspecified atom stereocenters. The van der Waals surface area contributed by atoms with Gasteiger partial charge < -0.3 is 42.4 Å². The number of nitrogens with two attached hydrogens (primary N) is 2. The Morgan fingerprint density at radius 1 is 0.571 bits per heavy atom. The van der Waals surface area contributed by atoms with E-state index >= 15 is 0 Å². The van der Waals surface area contributed by atoms with Gasteiger partial charge in [-0.2, -0.15) is 11.0 Å². The predicted molar refractivity (Wildman–Crippen MR) is 107 cm³/mol. The summed E-state index contributed by atoms with van der Waals surface area (Å²) in [5.41, 5.74) is 15.7. The highest BCUT2D eigenvalue weighted by Gasteiger charge is 2.01. The van der Waals surface area contributed by atoms with Crippen LogP contribution >= 0.6 is 0 Å². The summed E-state index contributed by atoms with van der Waals surface area (Å²) in [6.45, 7) is 8.14. The molecule has 0 rings (SSSR count). The van der Waals surface area contributed by atoms with Crippen LogP contribution in [0.15, 0.2) is 12.2 Å². The summed E-state index contributed by atoms with van der Waals surface area (Å²) in [6, 6.07) is 0. The highest BCUT2D eigenvalue weighted by molar-refractivity contribution is 5.91. The first kappa shape index (κ1) is 26.4. The lowest BCUT2D eigenvalue weighted by molar-refractivity contribution is -0.147. The Labute approximate surface area is 166 Å². The van der Waals surface area contributed by atoms with Gasteiger partial charge in [0.15, 0.2) is 0 Å². The van der Waals surface area contributed by atoms with Gasteiger partial charge >= 0.3 is 11.9 Å². The second-order valence-corrected chi connectivity index (χ2v) is 5.54. The second kappa shape index (κ2) is 21.7. The molecule has 0 aromatic heterocycles. The van der Waals surface area contributed by atoms with Gasteiger partial charge in [-0.05, 0) is 0 Å². The molecule has 0 aliphatic rings. The zero-order chi connectivity index (χ0) is 20.7. The van der Waals surface area contributed by atoms with Crippen molar-refractivity contribution < 1.29 is 19.3 Å². The van der Waals surface area contributed by atoms with Crippen LogP contribution in [0.4, 0.5) is 0 Å². The van der Waals surface area contributed by atoms with E-state index in [4.69, 9.17) is 21.1 Å². The molecule has 0 atom stereocenters. The smallest absolute Gasteiger partial charge is 0.349 e. The number of carbonyl (C=O) groups is 2. The molecule has 0 spiro atoms. The largest absolute Gasteiger partial charge is 0.367 e. The van der Waals surface area contributed by atoms with Crippen molar-refractivity contribution in [1.82, 2.24) is 32.2 Å². The van der Waals surface area contributed by atoms with E-state index in [1.807, 2.05) is 0 Å². The monoisotopic (exact) mass is 404 g/mol. The number of rotatable bonds is 20. The molecule has 0 saturated heterocycles. The predicted octanol–water partition coefficient (Wildman–Crippen LogP) is -4.09. The summed E-state index contributed by atoms with van der Waals surface area (Å²) < 4.78 is 0. The van der Waals surface area contributed by atoms with Gasteiger partial charge in [0.1, 0.15) is 0 Å². The normalized spacial score (nSPS) is 11.1. The van der Waals surface area contributed by atoms with Crippen molar-refractivity contribution in [3.63, 3.8) is 0 Å². The maximum Gasteiger partial charge on any atom is 0.349 e. The molecule has 10 N–H and O–H groups in total. The maximum atomic E-state index is 11.4. The van der Waals surface area contributed by atoms with E-state index in [1.165, 1.54) is 0 Å². The van der Waals surface area contributed by atoms with Crippen molar-refractivity contribution in [1.29, 1.82) is 0 Å². The Kier molecular flexibility index (Phi) is 20.4. The first-order valence-electron chi connectivity index (χ1n) is 9.49. The number of carbonyl (C=O) groups excluding carboxylic acids is 2. The summed E-state index contributed by atoms with van der Waals surface area (Å²) >= 11 is 0. The van der Waals surface area contributed by atoms with E-state index in [1.54, 1.807) is 0 Å². The van der Waals surface area contributed by atoms with Gasteiger partial charge in [0.05, 0.1) is 0 Å². The molecule has 0 radical (unpaired) electrons. The SMILES string of the molecule is NCCNCCNCCNOC(=O)/C=C\C(=O)ONCCNCCNCCN. The molecule has 0 bridgehead atoms. The molecule has 0 heterocycles. The topological polar surface area (TPSA) is 177 Å². The number of nitrogens with one attached hydrogen (secondary N) is 6. The van der Waals surface area contributed by atoms with Crippen LogP contribution in [0.5, 0.6) is 0 Å². The van der Waals surface area contributed by atoms with Gasteiger partial charge in [0.2, 0.25) is 0 Å². The molecule has 0 aromatic rings. The summed E-state index contributed by atoms with van der Waals surface area (Å²) in [7, 11) is 0. The molecule has 0 aliphatic heterocycles. The third-order valence-corrected chi connectivity index (χ3v) is 3.11. The van der Waals surface area contributed by atoms with Crippen LogP contribution in [0.3, 0.4) is 0 Å². The fraction of sp³-hybridized carbons (Fsp3) is 0.750. The van der Waals surface area contributed by atoms with Gasteiger partial charge in [-0.15, -0.1) is 0 Å². The van der Waals surface area contributed by atoms with Crippen LogP contribution in [0.2, 0.25) is 0 Å². The Balaban J connectivity index is 3.43. The van der Waals surface area contributed by atoms with E-state index in [0.29, 0.717) is 39.3 Å². The van der Waals surface area contributed by atoms with Crippen LogP contribution in [-0.2, 0) is 19.3 Å². The molecule has 0 saturated carbocycles. The molecular weight excluding hydrogens is 368 g/mol. The highest BCUT2D eigenvalue weighted by Crippen LogP contribution is 1.82. The van der Waals surface area contributed by atoms with E-state index < -0.39 is 11.9 Å². The lowest BCUT2D eigenvalue weighted by Gasteiger charge is -2.07. The Hall–Kier alpha value is -1.64. The lowest BCUT2D eigenvalue weighted by Crippen LogP contribution is -2.34. The van der Waals surface area contributed by atoms with E-state index in [2.05, 4.69) is 32.2 Å². The first-order chi connectivity index (χ1) is 13.7. The Bertz CT molecular complexity index is 376. The third-order valence-electron chi connectivity index (χ3n) is 3.11. The van der Waals surface area contributed by atoms with Gasteiger partial charge in [0.25, 0.3) is 0 Å². The molecule has 164 valence electrons. The third kappa shape index (κ3) is 20.7. The molecule has 28 heavy (non-hydrogen) atoms. The molecule has 12 nitrogen and oxygen atoms in total. The summed E-state index contributed by atoms with van der Waals surface area (Å²) in [5.74, 6) is -1.37. The molecule has 0 aromatic carbocycles. The van der Waals surface area contributed by atoms with E-state index in [0.717, 1.165) is 51.4 Å². The summed E-state index contributed by atoms with van der Waals surface area (Å²) in [6.07, 6.45) is 1.98. The van der Waals surface area contributed by atoms with Gasteiger partial charge in [-0.3, -0.25) is 0 Å². The average Bonchev–Trinajstić information content (AvgIpc) is 2.69. The van der Waals surface area contributed by atoms with Gasteiger partial charge in [-0.1, -0.05) is 0 Å². The van der Waals surface area contributed by atoms with Crippen molar-refractivity contribution in [2.45, 2.75) is 0 Å². The lowest BCUT2D eigenvalue weighted by atomic mass is 10.5. The quantitative estimate of drug-likeness (QED) is 0.0560. The average molecular weight is 405 g/mol. The number of hydrogen-bond donors (Lipinski definition) is 8. The number of hydrogen-bond acceptors (Lipinski definition) is 12. The molecular formula is C16H36N8O4. The zero-order valence-electron chi connectivity index (χ0n) is 16.4. The Morgan fingerprint density at radius 3 is 1.25 bits per heavy atom. The Morgan fingerprint density at radius 2 is 0.893 bits per heavy atom. The van der Waals surface area contributed by atoms with Crippen molar-refractivity contribution in [2.75, 3.05) is 78.5 Å². The van der Waals surface area contributed by atoms with Gasteiger partial charge in [0, 0.05) is 90.7 Å². The zero-order valence-corrected chi connectivity index (χ0v) is 16.4. The van der Waals surface area contributed by atoms with Crippen molar-refractivity contribution in [2.24, 2.45) is 11.5 Å². The minimum atomic E-state index is -0.687. The van der Waals surface area contributed by atoms with Crippen LogP contribution in [0.1, 0.15) is 0 Å². The van der Waals surface area contributed by atoms with E-state index in [-0.39, 0.29) is 0 Å². The van der Waals surface area contributed by atoms with Crippen molar-refractivity contribution in [3.8, 4) is 0 Å². The molecule has 0 aliphatic carbocycles. The summed E-state index contributed by atoms with van der Waals surface area (Å²) in [4.78, 5) is 32.3. The van der Waals surface area contributed by atoms with Crippen LogP contribution in [0.25, 0.3) is 0 Å². The van der Waals surface area contributed by atoms with Crippen molar-refractivity contribution in [3.05, 3.63) is 12.2 Å². The molecule has 0 amide bonds. The maximum absolute atomic E-state index is 11.4. The first-order valence-corrected chi connectivity index (χ1v) is 9.49. The van der Waals surface area contributed by atoms with Crippen LogP contribution < -0.4 is 43.7 Å². The summed E-state index contributed by atoms with van der Waals surface area (Å²) in [5, 5.41) is 12.6. The molecule has 12 heteroatoms. The van der Waals surface area contributed by atoms with Crippen LogP contribution in [-0.4, -0.2) is 90.5 Å². The van der Waals surface area contributed by atoms with E-state index in [9.17, 15) is 9.59 Å². The highest BCUT2D eigenvalue weighted by atomic mass is 16.7. The van der Waals surface area contributed by atoms with Crippen molar-refractivity contribution >= 4 is 11.9 Å². The fourth-order valence-corrected chi connectivity index (χ4v) is 1.78. The van der Waals surface area contributed by atoms with Crippen LogP contribution in [0, 0.1) is 0 Å². The second-order valence-electron chi connectivity index (χ2n) is 5.54. The molecule has 0 fully saturated rings.